The van der Waals surface area contributed by atoms with E-state index in [1.165, 1.54) is 18.1 Å². The number of hydrogen-bond acceptors (Lipinski definition) is 6. The summed E-state index contributed by atoms with van der Waals surface area (Å²) in [4.78, 5) is 50.3. The first kappa shape index (κ1) is 18.9. The number of nitrogens with two attached hydrogens (primary N) is 1. The number of piperidine rings is 1. The number of aromatic nitrogens is 2. The van der Waals surface area contributed by atoms with E-state index in [1.807, 2.05) is 12.1 Å². The summed E-state index contributed by atoms with van der Waals surface area (Å²) in [5, 5.41) is 0. The molecule has 0 aliphatic carbocycles. The van der Waals surface area contributed by atoms with Gasteiger partial charge in [0, 0.05) is 38.3 Å². The molecule has 1 spiro atoms. The predicted octanol–water partition coefficient (Wildman–Crippen LogP) is 1.22. The molecule has 150 valence electrons. The van der Waals surface area contributed by atoms with Gasteiger partial charge in [-0.15, -0.1) is 0 Å². The maximum atomic E-state index is 12.9. The zero-order chi connectivity index (χ0) is 20.8. The van der Waals surface area contributed by atoms with Crippen LogP contribution >= 0.6 is 0 Å². The average molecular weight is 394 g/mol. The fourth-order valence-electron chi connectivity index (χ4n) is 4.07. The molecule has 0 unspecified atom stereocenters. The van der Waals surface area contributed by atoms with Crippen molar-refractivity contribution in [3.63, 3.8) is 0 Å². The van der Waals surface area contributed by atoms with Crippen LogP contribution in [0.5, 0.6) is 0 Å². The van der Waals surface area contributed by atoms with E-state index in [9.17, 15) is 14.4 Å². The molecule has 2 aliphatic rings. The molecule has 9 heteroatoms. The molecule has 2 aliphatic heterocycles. The molecule has 2 aromatic rings. The minimum atomic E-state index is -0.835. The first-order chi connectivity index (χ1) is 13.8. The van der Waals surface area contributed by atoms with Crippen molar-refractivity contribution >= 4 is 23.7 Å². The summed E-state index contributed by atoms with van der Waals surface area (Å²) in [7, 11) is 3.15. The second-order valence-corrected chi connectivity index (χ2v) is 7.44. The van der Waals surface area contributed by atoms with Crippen LogP contribution in [-0.2, 0) is 4.79 Å². The molecule has 9 nitrogen and oxygen atoms in total. The van der Waals surface area contributed by atoms with Gasteiger partial charge in [-0.3, -0.25) is 19.5 Å². The van der Waals surface area contributed by atoms with E-state index in [-0.39, 0.29) is 17.8 Å². The second kappa shape index (κ2) is 6.84. The predicted molar refractivity (Wildman–Crippen MR) is 106 cm³/mol. The molecule has 3 heterocycles. The third-order valence-corrected chi connectivity index (χ3v) is 5.88. The number of likely N-dealkylation sites (N-methyl/N-ethyl adjacent to an activating group) is 2. The molecule has 0 atom stereocenters. The lowest BCUT2D eigenvalue weighted by atomic mass is 9.86. The van der Waals surface area contributed by atoms with Crippen molar-refractivity contribution in [3.05, 3.63) is 42.2 Å². The quantitative estimate of drug-likeness (QED) is 0.767. The number of rotatable bonds is 2. The van der Waals surface area contributed by atoms with Crippen molar-refractivity contribution in [2.75, 3.05) is 32.9 Å². The Labute approximate surface area is 168 Å². The van der Waals surface area contributed by atoms with Crippen molar-refractivity contribution in [1.82, 2.24) is 24.7 Å². The molecule has 29 heavy (non-hydrogen) atoms. The molecular formula is C20H22N6O3. The Morgan fingerprint density at radius 3 is 2.28 bits per heavy atom. The molecule has 2 saturated heterocycles. The minimum Gasteiger partial charge on any atom is -0.382 e. The molecule has 4 rings (SSSR count). The zero-order valence-electron chi connectivity index (χ0n) is 16.3. The monoisotopic (exact) mass is 394 g/mol. The van der Waals surface area contributed by atoms with Crippen LogP contribution in [0.2, 0.25) is 0 Å². The summed E-state index contributed by atoms with van der Waals surface area (Å²) in [6.07, 6.45) is 3.95. The number of carbonyl (C=O) groups excluding carboxylic acids is 3. The topological polar surface area (TPSA) is 113 Å². The van der Waals surface area contributed by atoms with Crippen molar-refractivity contribution in [1.29, 1.82) is 0 Å². The summed E-state index contributed by atoms with van der Waals surface area (Å²) < 4.78 is 0. The molecule has 2 N–H and O–H groups in total. The number of carbonyl (C=O) groups is 3. The molecule has 4 amide bonds. The number of imide groups is 1. The largest absolute Gasteiger partial charge is 0.382 e. The summed E-state index contributed by atoms with van der Waals surface area (Å²) in [5.74, 6) is 0.0444. The Morgan fingerprint density at radius 1 is 1.07 bits per heavy atom. The van der Waals surface area contributed by atoms with Crippen LogP contribution in [0.3, 0.4) is 0 Å². The van der Waals surface area contributed by atoms with Gasteiger partial charge in [-0.25, -0.2) is 9.78 Å². The fourth-order valence-corrected chi connectivity index (χ4v) is 4.07. The van der Waals surface area contributed by atoms with E-state index >= 15 is 0 Å². The highest BCUT2D eigenvalue weighted by Gasteiger charge is 2.55. The molecule has 1 aromatic carbocycles. The smallest absolute Gasteiger partial charge is 0.327 e. The van der Waals surface area contributed by atoms with Crippen LogP contribution in [0.25, 0.3) is 11.3 Å². The van der Waals surface area contributed by atoms with Crippen LogP contribution in [0, 0.1) is 0 Å². The van der Waals surface area contributed by atoms with E-state index in [0.717, 1.165) is 10.5 Å². The summed E-state index contributed by atoms with van der Waals surface area (Å²) in [6.45, 7) is 0.830. The van der Waals surface area contributed by atoms with Crippen molar-refractivity contribution in [3.8, 4) is 11.3 Å². The van der Waals surface area contributed by atoms with E-state index in [2.05, 4.69) is 9.97 Å². The number of hydrogen-bond donors (Lipinski definition) is 1. The number of nitrogen functional groups attached to an aromatic ring is 1. The van der Waals surface area contributed by atoms with E-state index in [4.69, 9.17) is 5.73 Å². The van der Waals surface area contributed by atoms with Crippen molar-refractivity contribution < 1.29 is 14.4 Å². The lowest BCUT2D eigenvalue weighted by Gasteiger charge is -2.40. The van der Waals surface area contributed by atoms with Crippen LogP contribution in [0.15, 0.2) is 36.7 Å². The van der Waals surface area contributed by atoms with Gasteiger partial charge in [0.15, 0.2) is 0 Å². The average Bonchev–Trinajstić information content (AvgIpc) is 2.90. The number of nitrogens with zero attached hydrogens (tertiary/aromatic N) is 5. The van der Waals surface area contributed by atoms with Gasteiger partial charge >= 0.3 is 6.03 Å². The van der Waals surface area contributed by atoms with E-state index in [0.29, 0.717) is 43.0 Å². The van der Waals surface area contributed by atoms with Gasteiger partial charge in [0.2, 0.25) is 0 Å². The lowest BCUT2D eigenvalue weighted by Crippen LogP contribution is -2.56. The van der Waals surface area contributed by atoms with Gasteiger partial charge in [0.05, 0.1) is 18.1 Å². The maximum Gasteiger partial charge on any atom is 0.327 e. The van der Waals surface area contributed by atoms with Crippen molar-refractivity contribution in [2.45, 2.75) is 18.4 Å². The van der Waals surface area contributed by atoms with E-state index in [1.54, 1.807) is 30.3 Å². The Bertz CT molecular complexity index is 982. The molecule has 0 bridgehead atoms. The standard InChI is InChI=1S/C20H22N6O3/c1-24-18(28)20(25(2)19(24)29)7-9-26(10-8-20)17(27)14-5-3-13(4-6-14)15-11-22-12-16(21)23-15/h3-6,11-12H,7-10H2,1-2H3,(H2,21,23). The summed E-state index contributed by atoms with van der Waals surface area (Å²) in [6, 6.07) is 6.82. The third-order valence-electron chi connectivity index (χ3n) is 5.88. The second-order valence-electron chi connectivity index (χ2n) is 7.44. The third kappa shape index (κ3) is 2.98. The lowest BCUT2D eigenvalue weighted by molar-refractivity contribution is -0.134. The minimum absolute atomic E-state index is 0.0992. The van der Waals surface area contributed by atoms with Crippen LogP contribution in [0.1, 0.15) is 23.2 Å². The highest BCUT2D eigenvalue weighted by atomic mass is 16.2. The highest BCUT2D eigenvalue weighted by Crippen LogP contribution is 2.35. The van der Waals surface area contributed by atoms with Gasteiger partial charge in [-0.1, -0.05) is 12.1 Å². The van der Waals surface area contributed by atoms with Crippen LogP contribution in [-0.4, -0.2) is 75.2 Å². The number of likely N-dealkylation sites (tertiary alicyclic amines) is 1. The fraction of sp³-hybridized carbons (Fsp3) is 0.350. The van der Waals surface area contributed by atoms with Gasteiger partial charge in [0.25, 0.3) is 11.8 Å². The first-order valence-corrected chi connectivity index (χ1v) is 9.37. The molecular weight excluding hydrogens is 372 g/mol. The normalized spacial score (nSPS) is 18.6. The number of anilines is 1. The molecule has 0 radical (unpaired) electrons. The number of urea groups is 1. The first-order valence-electron chi connectivity index (χ1n) is 9.37. The Morgan fingerprint density at radius 2 is 1.72 bits per heavy atom. The molecule has 0 saturated carbocycles. The van der Waals surface area contributed by atoms with Gasteiger partial charge < -0.3 is 15.5 Å². The van der Waals surface area contributed by atoms with Gasteiger partial charge in [-0.05, 0) is 25.0 Å². The number of benzene rings is 1. The van der Waals surface area contributed by atoms with Crippen molar-refractivity contribution in [2.24, 2.45) is 0 Å². The Kier molecular flexibility index (Phi) is 4.45. The van der Waals surface area contributed by atoms with Gasteiger partial charge in [-0.2, -0.15) is 0 Å². The number of amides is 4. The van der Waals surface area contributed by atoms with E-state index < -0.39 is 5.54 Å². The maximum absolute atomic E-state index is 12.9. The SMILES string of the molecule is CN1C(=O)N(C)C2(CCN(C(=O)c3ccc(-c4cncc(N)n4)cc3)CC2)C1=O. The molecule has 1 aromatic heterocycles. The highest BCUT2D eigenvalue weighted by molar-refractivity contribution is 6.07. The zero-order valence-corrected chi connectivity index (χ0v) is 16.3. The molecule has 2 fully saturated rings. The van der Waals surface area contributed by atoms with Gasteiger partial charge in [0.1, 0.15) is 11.4 Å². The van der Waals surface area contributed by atoms with Crippen LogP contribution < -0.4 is 5.73 Å². The summed E-state index contributed by atoms with van der Waals surface area (Å²) in [5.41, 5.74) is 6.85. The Hall–Kier alpha value is -3.49. The summed E-state index contributed by atoms with van der Waals surface area (Å²) >= 11 is 0. The van der Waals surface area contributed by atoms with Crippen LogP contribution in [0.4, 0.5) is 10.6 Å². The Balaban J connectivity index is 1.46.